The first-order valence-corrected chi connectivity index (χ1v) is 5.70. The third kappa shape index (κ3) is 3.73. The van der Waals surface area contributed by atoms with Gasteiger partial charge in [-0.2, -0.15) is 0 Å². The summed E-state index contributed by atoms with van der Waals surface area (Å²) in [6.07, 6.45) is 2.96. The zero-order valence-electron chi connectivity index (χ0n) is 10.1. The maximum atomic E-state index is 10.9. The molecule has 0 saturated carbocycles. The molecule has 1 N–H and O–H groups in total. The number of nitro benzene ring substituents is 1. The number of hydrogen-bond donors (Lipinski definition) is 1. The molecule has 18 heavy (non-hydrogen) atoms. The summed E-state index contributed by atoms with van der Waals surface area (Å²) in [7, 11) is 0. The lowest BCUT2D eigenvalue weighted by atomic mass is 10.1. The minimum absolute atomic E-state index is 0.342. The van der Waals surface area contributed by atoms with Crippen LogP contribution in [-0.4, -0.2) is 22.6 Å². The Morgan fingerprint density at radius 3 is 2.72 bits per heavy atom. The monoisotopic (exact) mass is 253 g/mol. The van der Waals surface area contributed by atoms with Gasteiger partial charge >= 0.3 is 5.97 Å². The van der Waals surface area contributed by atoms with Crippen molar-refractivity contribution in [1.29, 1.82) is 0 Å². The van der Waals surface area contributed by atoms with Crippen molar-refractivity contribution in [2.75, 3.05) is 6.61 Å². The second kappa shape index (κ2) is 6.58. The Hall–Kier alpha value is -2.11. The summed E-state index contributed by atoms with van der Waals surface area (Å²) in [4.78, 5) is 20.8. The highest BCUT2D eigenvalue weighted by atomic mass is 16.6. The predicted molar refractivity (Wildman–Crippen MR) is 65.1 cm³/mol. The van der Waals surface area contributed by atoms with Gasteiger partial charge < -0.3 is 9.84 Å². The number of aromatic carboxylic acids is 1. The molecule has 1 rings (SSSR count). The number of hydrogen-bond acceptors (Lipinski definition) is 4. The molecule has 0 aliphatic carbocycles. The van der Waals surface area contributed by atoms with E-state index in [1.165, 1.54) is 12.1 Å². The number of unbranched alkanes of at least 4 members (excludes halogenated alkanes) is 2. The maximum Gasteiger partial charge on any atom is 0.342 e. The van der Waals surface area contributed by atoms with E-state index in [2.05, 4.69) is 6.92 Å². The van der Waals surface area contributed by atoms with Crippen LogP contribution in [0.4, 0.5) is 5.69 Å². The molecule has 0 heterocycles. The molecule has 6 nitrogen and oxygen atoms in total. The van der Waals surface area contributed by atoms with Crippen LogP contribution in [0.25, 0.3) is 0 Å². The van der Waals surface area contributed by atoms with Gasteiger partial charge in [0.05, 0.1) is 11.5 Å². The van der Waals surface area contributed by atoms with Gasteiger partial charge in [0, 0.05) is 12.1 Å². The maximum absolute atomic E-state index is 10.9. The van der Waals surface area contributed by atoms with Crippen molar-refractivity contribution >= 4 is 11.7 Å². The molecule has 0 atom stereocenters. The summed E-state index contributed by atoms with van der Waals surface area (Å²) >= 11 is 0. The van der Waals surface area contributed by atoms with Gasteiger partial charge in [-0.25, -0.2) is 4.79 Å². The smallest absolute Gasteiger partial charge is 0.342 e. The fourth-order valence-corrected chi connectivity index (χ4v) is 1.48. The highest BCUT2D eigenvalue weighted by molar-refractivity contribution is 5.92. The number of ether oxygens (including phenoxy) is 1. The number of benzene rings is 1. The van der Waals surface area contributed by atoms with E-state index in [-0.39, 0.29) is 5.56 Å². The van der Waals surface area contributed by atoms with E-state index >= 15 is 0 Å². The number of carbonyl (C=O) groups is 1. The Morgan fingerprint density at radius 2 is 2.17 bits per heavy atom. The standard InChI is InChI=1S/C12H15NO5/c1-2-3-4-7-18-9-5-6-11(13(16)17)10(8-9)12(14)15/h5-6,8H,2-4,7H2,1H3,(H,14,15). The van der Waals surface area contributed by atoms with Crippen molar-refractivity contribution in [2.45, 2.75) is 26.2 Å². The van der Waals surface area contributed by atoms with E-state index in [4.69, 9.17) is 9.84 Å². The van der Waals surface area contributed by atoms with Gasteiger partial charge in [-0.15, -0.1) is 0 Å². The van der Waals surface area contributed by atoms with E-state index in [9.17, 15) is 14.9 Å². The Morgan fingerprint density at radius 1 is 1.44 bits per heavy atom. The van der Waals surface area contributed by atoms with E-state index in [0.29, 0.717) is 12.4 Å². The highest BCUT2D eigenvalue weighted by Crippen LogP contribution is 2.24. The number of nitrogens with zero attached hydrogens (tertiary/aromatic N) is 1. The Bertz CT molecular complexity index is 444. The molecule has 0 fully saturated rings. The van der Waals surface area contributed by atoms with Crippen molar-refractivity contribution in [1.82, 2.24) is 0 Å². The van der Waals surface area contributed by atoms with Gasteiger partial charge in [-0.1, -0.05) is 19.8 Å². The van der Waals surface area contributed by atoms with Gasteiger partial charge in [0.25, 0.3) is 5.69 Å². The Labute approximate surface area is 104 Å². The fraction of sp³-hybridized carbons (Fsp3) is 0.417. The molecule has 0 unspecified atom stereocenters. The van der Waals surface area contributed by atoms with Crippen LogP contribution in [0.2, 0.25) is 0 Å². The molecule has 0 bridgehead atoms. The lowest BCUT2D eigenvalue weighted by molar-refractivity contribution is -0.385. The number of carboxylic acid groups (broad SMARTS) is 1. The molecule has 0 aromatic heterocycles. The average molecular weight is 253 g/mol. The van der Waals surface area contributed by atoms with Crippen molar-refractivity contribution in [3.05, 3.63) is 33.9 Å². The number of carboxylic acids is 1. The normalized spacial score (nSPS) is 10.1. The third-order valence-electron chi connectivity index (χ3n) is 2.41. The van der Waals surface area contributed by atoms with Gasteiger partial charge in [0.1, 0.15) is 11.3 Å². The van der Waals surface area contributed by atoms with Gasteiger partial charge in [0.15, 0.2) is 0 Å². The molecule has 0 spiro atoms. The summed E-state index contributed by atoms with van der Waals surface area (Å²) in [5.41, 5.74) is -0.781. The molecular weight excluding hydrogens is 238 g/mol. The first kappa shape index (κ1) is 14.0. The summed E-state index contributed by atoms with van der Waals surface area (Å²) in [6, 6.07) is 3.75. The van der Waals surface area contributed by atoms with Crippen LogP contribution >= 0.6 is 0 Å². The third-order valence-corrected chi connectivity index (χ3v) is 2.41. The zero-order chi connectivity index (χ0) is 13.5. The largest absolute Gasteiger partial charge is 0.494 e. The molecule has 0 amide bonds. The minimum atomic E-state index is -1.33. The Kier molecular flexibility index (Phi) is 5.10. The molecule has 0 aliphatic rings. The second-order valence-corrected chi connectivity index (χ2v) is 3.80. The van der Waals surface area contributed by atoms with E-state index in [1.54, 1.807) is 0 Å². The van der Waals surface area contributed by atoms with Gasteiger partial charge in [-0.05, 0) is 12.5 Å². The lowest BCUT2D eigenvalue weighted by Gasteiger charge is -2.06. The zero-order valence-corrected chi connectivity index (χ0v) is 10.1. The summed E-state index contributed by atoms with van der Waals surface area (Å²) in [5, 5.41) is 19.5. The summed E-state index contributed by atoms with van der Waals surface area (Å²) < 4.78 is 5.35. The SMILES string of the molecule is CCCCCOc1ccc([N+](=O)[O-])c(C(=O)O)c1. The van der Waals surface area contributed by atoms with E-state index < -0.39 is 16.6 Å². The van der Waals surface area contributed by atoms with Gasteiger partial charge in [-0.3, -0.25) is 10.1 Å². The first-order valence-electron chi connectivity index (χ1n) is 5.70. The number of rotatable bonds is 7. The average Bonchev–Trinajstić information content (AvgIpc) is 2.34. The summed E-state index contributed by atoms with van der Waals surface area (Å²) in [5.74, 6) is -0.991. The van der Waals surface area contributed by atoms with Crippen molar-refractivity contribution in [2.24, 2.45) is 0 Å². The quantitative estimate of drug-likeness (QED) is 0.458. The molecule has 0 aliphatic heterocycles. The molecular formula is C12H15NO5. The first-order chi connectivity index (χ1) is 8.56. The van der Waals surface area contributed by atoms with Crippen LogP contribution in [0.5, 0.6) is 5.75 Å². The van der Waals surface area contributed by atoms with Crippen LogP contribution in [-0.2, 0) is 0 Å². The Balaban J connectivity index is 2.80. The minimum Gasteiger partial charge on any atom is -0.494 e. The fourth-order valence-electron chi connectivity index (χ4n) is 1.48. The van der Waals surface area contributed by atoms with Crippen LogP contribution < -0.4 is 4.74 Å². The molecule has 1 aromatic carbocycles. The van der Waals surface area contributed by atoms with Crippen molar-refractivity contribution in [3.63, 3.8) is 0 Å². The molecule has 6 heteroatoms. The van der Waals surface area contributed by atoms with Crippen molar-refractivity contribution in [3.8, 4) is 5.75 Å². The molecule has 0 radical (unpaired) electrons. The van der Waals surface area contributed by atoms with Crippen LogP contribution in [0, 0.1) is 10.1 Å². The number of nitro groups is 1. The van der Waals surface area contributed by atoms with Crippen LogP contribution in [0.1, 0.15) is 36.5 Å². The second-order valence-electron chi connectivity index (χ2n) is 3.80. The lowest BCUT2D eigenvalue weighted by Crippen LogP contribution is -2.04. The van der Waals surface area contributed by atoms with Crippen LogP contribution in [0.3, 0.4) is 0 Å². The topological polar surface area (TPSA) is 89.7 Å². The highest BCUT2D eigenvalue weighted by Gasteiger charge is 2.20. The molecule has 0 saturated heterocycles. The van der Waals surface area contributed by atoms with E-state index in [0.717, 1.165) is 25.3 Å². The summed E-state index contributed by atoms with van der Waals surface area (Å²) in [6.45, 7) is 2.54. The van der Waals surface area contributed by atoms with Crippen molar-refractivity contribution < 1.29 is 19.6 Å². The van der Waals surface area contributed by atoms with Gasteiger partial charge in [0.2, 0.25) is 0 Å². The molecule has 98 valence electrons. The molecule has 1 aromatic rings. The predicted octanol–water partition coefficient (Wildman–Crippen LogP) is 2.86. The van der Waals surface area contributed by atoms with Crippen LogP contribution in [0.15, 0.2) is 18.2 Å². The van der Waals surface area contributed by atoms with E-state index in [1.807, 2.05) is 0 Å².